The van der Waals surface area contributed by atoms with E-state index in [0.717, 1.165) is 28.0 Å². The monoisotopic (exact) mass is 474 g/mol. The van der Waals surface area contributed by atoms with E-state index in [2.05, 4.69) is 43.6 Å². The average molecular weight is 475 g/mol. The van der Waals surface area contributed by atoms with Gasteiger partial charge < -0.3 is 24.6 Å². The first-order chi connectivity index (χ1) is 17.1. The van der Waals surface area contributed by atoms with E-state index < -0.39 is 0 Å². The highest BCUT2D eigenvalue weighted by Gasteiger charge is 2.27. The molecule has 0 unspecified atom stereocenters. The maximum Gasteiger partial charge on any atom is 0.229 e. The molecule has 2 N–H and O–H groups in total. The number of hydrogen-bond donors (Lipinski definition) is 2. The summed E-state index contributed by atoms with van der Waals surface area (Å²) in [7, 11) is 0. The Kier molecular flexibility index (Phi) is 6.82. The number of anilines is 2. The van der Waals surface area contributed by atoms with Gasteiger partial charge in [-0.1, -0.05) is 6.07 Å². The Morgan fingerprint density at radius 3 is 2.83 bits per heavy atom. The van der Waals surface area contributed by atoms with Crippen LogP contribution in [0.2, 0.25) is 0 Å². The minimum Gasteiger partial charge on any atom is -0.396 e. The number of hydrogen-bond acceptors (Lipinski definition) is 9. The second-order valence-electron chi connectivity index (χ2n) is 8.87. The number of fused-ring (bicyclic) bond motifs is 1. The van der Waals surface area contributed by atoms with E-state index in [9.17, 15) is 5.11 Å². The molecule has 1 aliphatic rings. The Bertz CT molecular complexity index is 1260. The van der Waals surface area contributed by atoms with Gasteiger partial charge in [-0.15, -0.1) is 0 Å². The third-order valence-corrected chi connectivity index (χ3v) is 6.15. The van der Waals surface area contributed by atoms with Gasteiger partial charge in [-0.3, -0.25) is 9.97 Å². The number of morpholine rings is 1. The van der Waals surface area contributed by atoms with Crippen LogP contribution in [-0.4, -0.2) is 67.0 Å². The van der Waals surface area contributed by atoms with Gasteiger partial charge >= 0.3 is 0 Å². The van der Waals surface area contributed by atoms with Gasteiger partial charge in [0.05, 0.1) is 31.3 Å². The van der Waals surface area contributed by atoms with Crippen LogP contribution in [0.15, 0.2) is 49.2 Å². The molecule has 0 aliphatic carbocycles. The zero-order valence-corrected chi connectivity index (χ0v) is 20.0. The third kappa shape index (κ3) is 4.94. The van der Waals surface area contributed by atoms with Crippen LogP contribution < -0.4 is 10.2 Å². The first-order valence-corrected chi connectivity index (χ1v) is 11.9. The normalized spacial score (nSPS) is 16.2. The van der Waals surface area contributed by atoms with Gasteiger partial charge in [0.2, 0.25) is 5.95 Å². The van der Waals surface area contributed by atoms with Gasteiger partial charge in [0, 0.05) is 49.9 Å². The van der Waals surface area contributed by atoms with E-state index in [1.165, 1.54) is 0 Å². The lowest BCUT2D eigenvalue weighted by molar-refractivity contribution is 0.0841. The maximum atomic E-state index is 9.54. The van der Waals surface area contributed by atoms with Crippen molar-refractivity contribution >= 4 is 22.9 Å². The Balaban J connectivity index is 1.43. The van der Waals surface area contributed by atoms with Gasteiger partial charge in [0.1, 0.15) is 0 Å². The van der Waals surface area contributed by atoms with Gasteiger partial charge in [0.15, 0.2) is 17.0 Å². The second-order valence-corrected chi connectivity index (χ2v) is 8.87. The van der Waals surface area contributed by atoms with Crippen molar-refractivity contribution in [2.75, 3.05) is 36.6 Å². The Hall–Kier alpha value is -3.63. The maximum absolute atomic E-state index is 9.54. The van der Waals surface area contributed by atoms with Crippen molar-refractivity contribution in [1.29, 1.82) is 0 Å². The van der Waals surface area contributed by atoms with E-state index in [-0.39, 0.29) is 18.7 Å². The van der Waals surface area contributed by atoms with Crippen molar-refractivity contribution < 1.29 is 9.84 Å². The molecule has 1 atom stereocenters. The van der Waals surface area contributed by atoms with Crippen molar-refractivity contribution in [2.45, 2.75) is 38.9 Å². The molecule has 35 heavy (non-hydrogen) atoms. The molecule has 1 aliphatic heterocycles. The zero-order valence-electron chi connectivity index (χ0n) is 20.0. The van der Waals surface area contributed by atoms with E-state index in [0.29, 0.717) is 44.5 Å². The fraction of sp³-hybridized carbons (Fsp3) is 0.400. The Morgan fingerprint density at radius 1 is 1.17 bits per heavy atom. The lowest BCUT2D eigenvalue weighted by atomic mass is 10.1. The summed E-state index contributed by atoms with van der Waals surface area (Å²) in [5.41, 5.74) is 4.41. The fourth-order valence-electron chi connectivity index (χ4n) is 4.24. The van der Waals surface area contributed by atoms with Crippen LogP contribution in [0.3, 0.4) is 0 Å². The third-order valence-electron chi connectivity index (χ3n) is 6.15. The number of ether oxygens (including phenoxy) is 1. The smallest absolute Gasteiger partial charge is 0.229 e. The molecule has 4 aromatic rings. The second kappa shape index (κ2) is 10.3. The van der Waals surface area contributed by atoms with E-state index >= 15 is 0 Å². The lowest BCUT2D eigenvalue weighted by Gasteiger charge is -2.35. The van der Waals surface area contributed by atoms with Crippen molar-refractivity contribution in [3.05, 3.63) is 54.7 Å². The Morgan fingerprint density at radius 2 is 2.09 bits per heavy atom. The van der Waals surface area contributed by atoms with Crippen LogP contribution in [0.4, 0.5) is 11.8 Å². The number of imidazole rings is 1. The molecule has 0 amide bonds. The molecule has 0 bridgehead atoms. The lowest BCUT2D eigenvalue weighted by Crippen LogP contribution is -2.47. The molecule has 10 nitrogen and oxygen atoms in total. The van der Waals surface area contributed by atoms with Crippen LogP contribution in [0, 0.1) is 0 Å². The highest BCUT2D eigenvalue weighted by atomic mass is 16.5. The van der Waals surface area contributed by atoms with Gasteiger partial charge in [-0.25, -0.2) is 4.98 Å². The molecule has 10 heteroatoms. The minimum absolute atomic E-state index is 0.0266. The molecule has 1 fully saturated rings. The molecule has 0 radical (unpaired) electrons. The highest BCUT2D eigenvalue weighted by molar-refractivity contribution is 5.84. The quantitative estimate of drug-likeness (QED) is 0.398. The van der Waals surface area contributed by atoms with Crippen LogP contribution in [0.1, 0.15) is 31.9 Å². The number of aliphatic hydroxyl groups excluding tert-OH is 1. The average Bonchev–Trinajstić information content (AvgIpc) is 3.33. The number of aromatic nitrogens is 6. The summed E-state index contributed by atoms with van der Waals surface area (Å²) in [6.45, 7) is 6.66. The molecule has 5 heterocycles. The predicted octanol–water partition coefficient (Wildman–Crippen LogP) is 3.06. The molecule has 1 saturated heterocycles. The van der Waals surface area contributed by atoms with Gasteiger partial charge in [-0.2, -0.15) is 9.97 Å². The predicted molar refractivity (Wildman–Crippen MR) is 134 cm³/mol. The van der Waals surface area contributed by atoms with Gasteiger partial charge in [0.25, 0.3) is 0 Å². The number of nitrogens with zero attached hydrogens (tertiary/aromatic N) is 7. The van der Waals surface area contributed by atoms with Crippen molar-refractivity contribution in [3.63, 3.8) is 0 Å². The first-order valence-electron chi connectivity index (χ1n) is 11.9. The summed E-state index contributed by atoms with van der Waals surface area (Å²) in [6.07, 6.45) is 7.83. The zero-order chi connectivity index (χ0) is 24.2. The topological polar surface area (TPSA) is 114 Å². The van der Waals surface area contributed by atoms with Crippen LogP contribution in [-0.2, 0) is 11.3 Å². The standard InChI is InChI=1S/C25H30N8O2/c1-17(2)33-16-29-22-23(28-13-18-5-6-21(27-12-18)19-4-3-8-26-14-19)30-25(31-24(22)33)32-9-11-35-15-20(32)7-10-34/h3-6,8,12,14,16-17,20,34H,7,9-11,13,15H2,1-2H3,(H,28,30,31)/t20-/m1/s1. The molecule has 0 saturated carbocycles. The van der Waals surface area contributed by atoms with Crippen LogP contribution >= 0.6 is 0 Å². The fourth-order valence-corrected chi connectivity index (χ4v) is 4.24. The number of pyridine rings is 2. The van der Waals surface area contributed by atoms with Crippen LogP contribution in [0.25, 0.3) is 22.4 Å². The molecular weight excluding hydrogens is 444 g/mol. The van der Waals surface area contributed by atoms with Crippen LogP contribution in [0.5, 0.6) is 0 Å². The summed E-state index contributed by atoms with van der Waals surface area (Å²) >= 11 is 0. The summed E-state index contributed by atoms with van der Waals surface area (Å²) in [5.74, 6) is 1.30. The van der Waals surface area contributed by atoms with Crippen molar-refractivity contribution in [2.24, 2.45) is 0 Å². The summed E-state index contributed by atoms with van der Waals surface area (Å²) in [5, 5.41) is 13.0. The summed E-state index contributed by atoms with van der Waals surface area (Å²) < 4.78 is 7.70. The highest BCUT2D eigenvalue weighted by Crippen LogP contribution is 2.27. The first kappa shape index (κ1) is 23.1. The minimum atomic E-state index is 0.0266. The Labute approximate surface area is 204 Å². The number of nitrogens with one attached hydrogen (secondary N) is 1. The molecular formula is C25H30N8O2. The molecule has 4 aromatic heterocycles. The largest absolute Gasteiger partial charge is 0.396 e. The molecule has 182 valence electrons. The SMILES string of the molecule is CC(C)n1cnc2c(NCc3ccc(-c4cccnc4)nc3)nc(N3CCOC[C@H]3CCO)nc21. The summed E-state index contributed by atoms with van der Waals surface area (Å²) in [6, 6.07) is 8.17. The molecule has 0 aromatic carbocycles. The number of aliphatic hydroxyl groups is 1. The molecule has 0 spiro atoms. The van der Waals surface area contributed by atoms with E-state index in [1.54, 1.807) is 12.4 Å². The van der Waals surface area contributed by atoms with Crippen molar-refractivity contribution in [1.82, 2.24) is 29.5 Å². The van der Waals surface area contributed by atoms with Crippen molar-refractivity contribution in [3.8, 4) is 11.3 Å². The van der Waals surface area contributed by atoms with Gasteiger partial charge in [-0.05, 0) is 44.0 Å². The molecule has 5 rings (SSSR count). The van der Waals surface area contributed by atoms with E-state index in [4.69, 9.17) is 14.7 Å². The number of rotatable bonds is 8. The summed E-state index contributed by atoms with van der Waals surface area (Å²) in [4.78, 5) is 25.3. The van der Waals surface area contributed by atoms with E-state index in [1.807, 2.05) is 36.8 Å².